The Bertz CT molecular complexity index is 213. The number of hydrogen-bond acceptors (Lipinski definition) is 4. The standard InChI is InChI=1S/C10H20N2O3/c1-8(2)12-9(13)5-11-6-10(14)3-4-15-7-10/h8,11,14H,3-7H2,1-2H3,(H,12,13). The van der Waals surface area contributed by atoms with Gasteiger partial charge >= 0.3 is 0 Å². The van der Waals surface area contributed by atoms with Crippen LogP contribution in [0.1, 0.15) is 20.3 Å². The Labute approximate surface area is 90.2 Å². The van der Waals surface area contributed by atoms with Gasteiger partial charge in [0.25, 0.3) is 0 Å². The Morgan fingerprint density at radius 3 is 2.87 bits per heavy atom. The third-order valence-corrected chi connectivity index (χ3v) is 2.27. The Balaban J connectivity index is 2.12. The molecule has 0 aromatic rings. The number of rotatable bonds is 5. The smallest absolute Gasteiger partial charge is 0.234 e. The molecule has 88 valence electrons. The molecule has 1 fully saturated rings. The topological polar surface area (TPSA) is 70.6 Å². The highest BCUT2D eigenvalue weighted by Gasteiger charge is 2.31. The third-order valence-electron chi connectivity index (χ3n) is 2.27. The summed E-state index contributed by atoms with van der Waals surface area (Å²) in [6.07, 6.45) is 0.631. The first-order valence-corrected chi connectivity index (χ1v) is 5.32. The predicted molar refractivity (Wildman–Crippen MR) is 56.5 cm³/mol. The molecule has 0 radical (unpaired) electrons. The second-order valence-electron chi connectivity index (χ2n) is 4.35. The van der Waals surface area contributed by atoms with Crippen LogP contribution < -0.4 is 10.6 Å². The molecule has 1 heterocycles. The van der Waals surface area contributed by atoms with Crippen molar-refractivity contribution in [2.75, 3.05) is 26.3 Å². The predicted octanol–water partition coefficient (Wildman–Crippen LogP) is -0.748. The summed E-state index contributed by atoms with van der Waals surface area (Å²) in [5.41, 5.74) is -0.794. The lowest BCUT2D eigenvalue weighted by Crippen LogP contribution is -2.45. The van der Waals surface area contributed by atoms with Crippen molar-refractivity contribution in [2.45, 2.75) is 31.9 Å². The molecule has 0 aromatic heterocycles. The van der Waals surface area contributed by atoms with Gasteiger partial charge in [-0.15, -0.1) is 0 Å². The van der Waals surface area contributed by atoms with Gasteiger partial charge in [-0.3, -0.25) is 4.79 Å². The van der Waals surface area contributed by atoms with Crippen molar-refractivity contribution < 1.29 is 14.6 Å². The van der Waals surface area contributed by atoms with E-state index in [9.17, 15) is 9.90 Å². The molecular weight excluding hydrogens is 196 g/mol. The Morgan fingerprint density at radius 2 is 2.33 bits per heavy atom. The molecule has 1 rings (SSSR count). The fraction of sp³-hybridized carbons (Fsp3) is 0.900. The zero-order valence-corrected chi connectivity index (χ0v) is 9.38. The lowest BCUT2D eigenvalue weighted by molar-refractivity contribution is -0.120. The van der Waals surface area contributed by atoms with E-state index in [-0.39, 0.29) is 18.5 Å². The molecule has 5 heteroatoms. The van der Waals surface area contributed by atoms with Gasteiger partial charge in [0.1, 0.15) is 5.60 Å². The molecule has 1 saturated heterocycles. The third kappa shape index (κ3) is 4.59. The van der Waals surface area contributed by atoms with E-state index in [2.05, 4.69) is 10.6 Å². The molecule has 1 aliphatic rings. The van der Waals surface area contributed by atoms with Gasteiger partial charge in [-0.1, -0.05) is 0 Å². The van der Waals surface area contributed by atoms with E-state index < -0.39 is 5.60 Å². The average molecular weight is 216 g/mol. The van der Waals surface area contributed by atoms with Gasteiger partial charge in [-0.05, 0) is 13.8 Å². The number of hydrogen-bond donors (Lipinski definition) is 3. The molecule has 0 saturated carbocycles. The maximum Gasteiger partial charge on any atom is 0.234 e. The normalized spacial score (nSPS) is 25.9. The first-order chi connectivity index (χ1) is 7.02. The van der Waals surface area contributed by atoms with E-state index in [1.165, 1.54) is 0 Å². The summed E-state index contributed by atoms with van der Waals surface area (Å²) < 4.78 is 5.09. The summed E-state index contributed by atoms with van der Waals surface area (Å²) in [5, 5.41) is 15.6. The van der Waals surface area contributed by atoms with Gasteiger partial charge in [-0.2, -0.15) is 0 Å². The van der Waals surface area contributed by atoms with Gasteiger partial charge in [-0.25, -0.2) is 0 Å². The van der Waals surface area contributed by atoms with Crippen molar-refractivity contribution in [2.24, 2.45) is 0 Å². The molecule has 3 N–H and O–H groups in total. The molecule has 1 amide bonds. The Hall–Kier alpha value is -0.650. The van der Waals surface area contributed by atoms with Crippen LogP contribution in [0, 0.1) is 0 Å². The van der Waals surface area contributed by atoms with Gasteiger partial charge in [0, 0.05) is 25.6 Å². The Morgan fingerprint density at radius 1 is 1.60 bits per heavy atom. The molecule has 1 unspecified atom stereocenters. The quantitative estimate of drug-likeness (QED) is 0.565. The van der Waals surface area contributed by atoms with Crippen LogP contribution in [0.15, 0.2) is 0 Å². The number of aliphatic hydroxyl groups is 1. The summed E-state index contributed by atoms with van der Waals surface area (Å²) in [6, 6.07) is 0.150. The first-order valence-electron chi connectivity index (χ1n) is 5.32. The van der Waals surface area contributed by atoms with Crippen LogP contribution in [-0.4, -0.2) is 49.0 Å². The van der Waals surface area contributed by atoms with Crippen molar-refractivity contribution >= 4 is 5.91 Å². The molecule has 5 nitrogen and oxygen atoms in total. The van der Waals surface area contributed by atoms with Gasteiger partial charge in [0.2, 0.25) is 5.91 Å². The van der Waals surface area contributed by atoms with Crippen molar-refractivity contribution in [1.29, 1.82) is 0 Å². The molecule has 0 bridgehead atoms. The van der Waals surface area contributed by atoms with E-state index in [4.69, 9.17) is 4.74 Å². The van der Waals surface area contributed by atoms with Crippen LogP contribution >= 0.6 is 0 Å². The minimum absolute atomic E-state index is 0.0486. The minimum Gasteiger partial charge on any atom is -0.386 e. The SMILES string of the molecule is CC(C)NC(=O)CNCC1(O)CCOC1. The second kappa shape index (κ2) is 5.44. The summed E-state index contributed by atoms with van der Waals surface area (Å²) in [5.74, 6) is -0.0486. The van der Waals surface area contributed by atoms with E-state index in [1.54, 1.807) is 0 Å². The summed E-state index contributed by atoms with van der Waals surface area (Å²) in [7, 11) is 0. The zero-order chi connectivity index (χ0) is 11.3. The van der Waals surface area contributed by atoms with Crippen LogP contribution in [0.5, 0.6) is 0 Å². The molecule has 0 spiro atoms. The molecule has 0 aliphatic carbocycles. The lowest BCUT2D eigenvalue weighted by atomic mass is 10.0. The maximum atomic E-state index is 11.2. The fourth-order valence-corrected chi connectivity index (χ4v) is 1.52. The van der Waals surface area contributed by atoms with Crippen molar-refractivity contribution in [3.05, 3.63) is 0 Å². The highest BCUT2D eigenvalue weighted by Crippen LogP contribution is 2.16. The molecular formula is C10H20N2O3. The van der Waals surface area contributed by atoms with E-state index in [0.29, 0.717) is 26.2 Å². The fourth-order valence-electron chi connectivity index (χ4n) is 1.52. The van der Waals surface area contributed by atoms with Crippen molar-refractivity contribution in [1.82, 2.24) is 10.6 Å². The lowest BCUT2D eigenvalue weighted by Gasteiger charge is -2.20. The number of amides is 1. The van der Waals surface area contributed by atoms with E-state index >= 15 is 0 Å². The van der Waals surface area contributed by atoms with E-state index in [1.807, 2.05) is 13.8 Å². The monoisotopic (exact) mass is 216 g/mol. The van der Waals surface area contributed by atoms with Gasteiger partial charge < -0.3 is 20.5 Å². The molecule has 15 heavy (non-hydrogen) atoms. The summed E-state index contributed by atoms with van der Waals surface area (Å²) in [6.45, 7) is 5.41. The van der Waals surface area contributed by atoms with Crippen LogP contribution in [0.2, 0.25) is 0 Å². The number of ether oxygens (including phenoxy) is 1. The van der Waals surface area contributed by atoms with Gasteiger partial charge in [0.15, 0.2) is 0 Å². The Kier molecular flexibility index (Phi) is 4.50. The first kappa shape index (κ1) is 12.4. The van der Waals surface area contributed by atoms with Crippen LogP contribution in [0.4, 0.5) is 0 Å². The molecule has 1 aliphatic heterocycles. The summed E-state index contributed by atoms with van der Waals surface area (Å²) >= 11 is 0. The zero-order valence-electron chi connectivity index (χ0n) is 9.38. The van der Waals surface area contributed by atoms with E-state index in [0.717, 1.165) is 0 Å². The number of nitrogens with one attached hydrogen (secondary N) is 2. The van der Waals surface area contributed by atoms with Gasteiger partial charge in [0.05, 0.1) is 13.2 Å². The van der Waals surface area contributed by atoms with Crippen LogP contribution in [0.3, 0.4) is 0 Å². The molecule has 0 aromatic carbocycles. The molecule has 1 atom stereocenters. The largest absolute Gasteiger partial charge is 0.386 e. The van der Waals surface area contributed by atoms with Crippen molar-refractivity contribution in [3.8, 4) is 0 Å². The van der Waals surface area contributed by atoms with Crippen LogP contribution in [0.25, 0.3) is 0 Å². The number of carbonyl (C=O) groups is 1. The van der Waals surface area contributed by atoms with Crippen molar-refractivity contribution in [3.63, 3.8) is 0 Å². The highest BCUT2D eigenvalue weighted by atomic mass is 16.5. The summed E-state index contributed by atoms with van der Waals surface area (Å²) in [4.78, 5) is 11.2. The minimum atomic E-state index is -0.794. The number of carbonyl (C=O) groups excluding carboxylic acids is 1. The maximum absolute atomic E-state index is 11.2. The van der Waals surface area contributed by atoms with Crippen LogP contribution in [-0.2, 0) is 9.53 Å². The average Bonchev–Trinajstić information content (AvgIpc) is 2.51. The second-order valence-corrected chi connectivity index (χ2v) is 4.35. The highest BCUT2D eigenvalue weighted by molar-refractivity contribution is 5.78.